The molecule has 184 valence electrons. The van der Waals surface area contributed by atoms with E-state index < -0.39 is 15.3 Å². The van der Waals surface area contributed by atoms with Crippen LogP contribution in [0.5, 0.6) is 5.88 Å². The minimum Gasteiger partial charge on any atom is -0.481 e. The largest absolute Gasteiger partial charge is 0.481 e. The summed E-state index contributed by atoms with van der Waals surface area (Å²) in [7, 11) is -1.77. The molecule has 9 nitrogen and oxygen atoms in total. The predicted molar refractivity (Wildman–Crippen MR) is 137 cm³/mol. The molecule has 1 fully saturated rings. The molecule has 0 unspecified atom stereocenters. The number of hydrogen-bond donors (Lipinski definition) is 2. The van der Waals surface area contributed by atoms with Crippen molar-refractivity contribution in [3.05, 3.63) is 53.7 Å². The number of rotatable bonds is 10. The van der Waals surface area contributed by atoms with Gasteiger partial charge in [-0.25, -0.2) is 13.4 Å². The maximum atomic E-state index is 12.2. The van der Waals surface area contributed by atoms with Gasteiger partial charge in [0.2, 0.25) is 15.9 Å². The number of nitrogens with zero attached hydrogens (tertiary/aromatic N) is 4. The van der Waals surface area contributed by atoms with Crippen LogP contribution in [0.3, 0.4) is 0 Å². The summed E-state index contributed by atoms with van der Waals surface area (Å²) in [6.07, 6.45) is 3.66. The number of hydrogen-bond acceptors (Lipinski definition) is 8. The third-order valence-corrected chi connectivity index (χ3v) is 7.62. The van der Waals surface area contributed by atoms with E-state index in [4.69, 9.17) is 10.6 Å². The number of hydrazone groups is 1. The van der Waals surface area contributed by atoms with Gasteiger partial charge in [-0.05, 0) is 69.5 Å². The van der Waals surface area contributed by atoms with Gasteiger partial charge in [0.25, 0.3) is 0 Å². The fraction of sp³-hybridized carbons (Fsp3) is 0.458. The first-order valence-electron chi connectivity index (χ1n) is 11.4. The van der Waals surface area contributed by atoms with Gasteiger partial charge in [0.05, 0.1) is 30.3 Å². The number of aromatic nitrogens is 1. The van der Waals surface area contributed by atoms with E-state index in [1.54, 1.807) is 39.3 Å². The number of benzene rings is 1. The van der Waals surface area contributed by atoms with Gasteiger partial charge in [-0.3, -0.25) is 14.6 Å². The van der Waals surface area contributed by atoms with Crippen LogP contribution in [-0.4, -0.2) is 62.2 Å². The van der Waals surface area contributed by atoms with Crippen LogP contribution in [0.4, 0.5) is 5.69 Å². The molecule has 0 atom stereocenters. The highest BCUT2D eigenvalue weighted by Crippen LogP contribution is 2.30. The lowest BCUT2D eigenvalue weighted by Crippen LogP contribution is -2.37. The van der Waals surface area contributed by atoms with Crippen molar-refractivity contribution in [2.45, 2.75) is 44.4 Å². The van der Waals surface area contributed by atoms with Crippen molar-refractivity contribution >= 4 is 27.6 Å². The van der Waals surface area contributed by atoms with Gasteiger partial charge in [0, 0.05) is 24.5 Å². The smallest absolute Gasteiger partial charge is 0.235 e. The van der Waals surface area contributed by atoms with Gasteiger partial charge in [-0.1, -0.05) is 18.2 Å². The quantitative estimate of drug-likeness (QED) is 0.302. The fourth-order valence-corrected chi connectivity index (χ4v) is 4.50. The molecule has 0 saturated carbocycles. The zero-order chi connectivity index (χ0) is 24.6. The average molecular weight is 487 g/mol. The Morgan fingerprint density at radius 3 is 2.68 bits per heavy atom. The highest BCUT2D eigenvalue weighted by Gasteiger charge is 2.22. The molecule has 2 aromatic rings. The highest BCUT2D eigenvalue weighted by molar-refractivity contribution is 7.93. The third-order valence-electron chi connectivity index (χ3n) is 5.86. The molecule has 1 aromatic heterocycles. The van der Waals surface area contributed by atoms with Crippen molar-refractivity contribution in [1.82, 2.24) is 9.88 Å². The normalized spacial score (nSPS) is 16.3. The topological polar surface area (TPSA) is 122 Å². The van der Waals surface area contributed by atoms with Gasteiger partial charge < -0.3 is 10.6 Å². The van der Waals surface area contributed by atoms with Crippen LogP contribution in [0.1, 0.15) is 43.9 Å². The Hall–Kier alpha value is -2.98. The summed E-state index contributed by atoms with van der Waals surface area (Å²) >= 11 is 0. The lowest BCUT2D eigenvalue weighted by Gasteiger charge is -2.32. The lowest BCUT2D eigenvalue weighted by molar-refractivity contribution is 0.239. The lowest BCUT2D eigenvalue weighted by atomic mass is 9.89. The highest BCUT2D eigenvalue weighted by atomic mass is 32.2. The number of likely N-dealkylation sites (tertiary alicyclic amines) is 1. The van der Waals surface area contributed by atoms with Crippen LogP contribution in [0.25, 0.3) is 0 Å². The molecular weight excluding hydrogens is 452 g/mol. The molecule has 0 spiro atoms. The van der Waals surface area contributed by atoms with Crippen LogP contribution in [-0.2, 0) is 16.6 Å². The van der Waals surface area contributed by atoms with E-state index in [-0.39, 0.29) is 0 Å². The summed E-state index contributed by atoms with van der Waals surface area (Å²) in [4.78, 5) is 11.1. The fourth-order valence-electron chi connectivity index (χ4n) is 3.81. The second kappa shape index (κ2) is 11.9. The number of piperidine rings is 1. The number of nitrogens with one attached hydrogen (secondary N) is 1. The molecule has 0 aliphatic carbocycles. The molecule has 1 aromatic carbocycles. The van der Waals surface area contributed by atoms with E-state index in [0.717, 1.165) is 37.2 Å². The van der Waals surface area contributed by atoms with E-state index in [1.165, 1.54) is 0 Å². The third kappa shape index (κ3) is 7.26. The summed E-state index contributed by atoms with van der Waals surface area (Å²) in [6, 6.07) is 13.3. The van der Waals surface area contributed by atoms with Gasteiger partial charge in [0.1, 0.15) is 0 Å². The molecule has 0 amide bonds. The molecule has 1 aliphatic heterocycles. The molecule has 0 bridgehead atoms. The van der Waals surface area contributed by atoms with Crippen LogP contribution in [0.2, 0.25) is 0 Å². The number of methoxy groups -OCH3 is 1. The molecule has 2 heterocycles. The van der Waals surface area contributed by atoms with Crippen molar-refractivity contribution in [3.8, 4) is 5.88 Å². The summed E-state index contributed by atoms with van der Waals surface area (Å²) in [5, 5.41) is 3.42. The molecular formula is C24H34N6O3S. The molecule has 1 saturated heterocycles. The molecule has 0 radical (unpaired) electrons. The Labute approximate surface area is 202 Å². The Balaban J connectivity index is 1.51. The number of ether oxygens (including phenoxy) is 1. The van der Waals surface area contributed by atoms with Crippen LogP contribution < -0.4 is 15.3 Å². The number of nitrogens with two attached hydrogens (primary N) is 1. The summed E-state index contributed by atoms with van der Waals surface area (Å²) in [6.45, 7) is 6.19. The summed E-state index contributed by atoms with van der Waals surface area (Å²) < 4.78 is 32.2. The van der Waals surface area contributed by atoms with Crippen molar-refractivity contribution in [2.75, 3.05) is 31.5 Å². The molecule has 3 rings (SSSR count). The Morgan fingerprint density at radius 1 is 1.26 bits per heavy atom. The molecule has 1 aliphatic rings. The van der Waals surface area contributed by atoms with E-state index in [2.05, 4.69) is 30.8 Å². The van der Waals surface area contributed by atoms with Crippen molar-refractivity contribution < 1.29 is 13.2 Å². The van der Waals surface area contributed by atoms with Crippen molar-refractivity contribution in [3.63, 3.8) is 0 Å². The maximum absolute atomic E-state index is 12.2. The second-order valence-electron chi connectivity index (χ2n) is 8.63. The standard InChI is InChI=1S/C24H34N6O3S/c1-18(2)34(31,32)29-21-7-4-6-20(14-21)19-10-12-30(13-11-19)17-23(28-25)16-26-15-22-8-5-9-24(27-22)33-3/h4-9,14,16,18-19,29H,10-13,15,17,25H2,1-3H3. The van der Waals surface area contributed by atoms with Crippen molar-refractivity contribution in [2.24, 2.45) is 15.9 Å². The predicted octanol–water partition coefficient (Wildman–Crippen LogP) is 3.01. The van der Waals surface area contributed by atoms with Gasteiger partial charge in [-0.15, -0.1) is 0 Å². The number of aliphatic imine (C=N–C) groups is 1. The SMILES string of the molecule is COc1cccc(CN=CC(CN2CCC(c3cccc(NS(=O)(=O)C(C)C)c3)CC2)=NN)n1. The second-order valence-corrected chi connectivity index (χ2v) is 10.9. The van der Waals surface area contributed by atoms with Crippen molar-refractivity contribution in [1.29, 1.82) is 0 Å². The summed E-state index contributed by atoms with van der Waals surface area (Å²) in [5.41, 5.74) is 3.30. The number of anilines is 1. The average Bonchev–Trinajstić information content (AvgIpc) is 2.83. The maximum Gasteiger partial charge on any atom is 0.235 e. The van der Waals surface area contributed by atoms with E-state index in [9.17, 15) is 8.42 Å². The molecule has 10 heteroatoms. The Kier molecular flexibility index (Phi) is 9.00. The monoisotopic (exact) mass is 486 g/mol. The first-order chi connectivity index (χ1) is 16.3. The number of pyridine rings is 1. The number of sulfonamides is 1. The van der Waals surface area contributed by atoms with E-state index >= 15 is 0 Å². The van der Waals surface area contributed by atoms with Crippen LogP contribution in [0.15, 0.2) is 52.6 Å². The van der Waals surface area contributed by atoms with E-state index in [1.807, 2.05) is 24.3 Å². The van der Waals surface area contributed by atoms with Gasteiger partial charge in [-0.2, -0.15) is 5.10 Å². The minimum atomic E-state index is -3.36. The van der Waals surface area contributed by atoms with Gasteiger partial charge >= 0.3 is 0 Å². The molecule has 34 heavy (non-hydrogen) atoms. The minimum absolute atomic E-state index is 0.380. The summed E-state index contributed by atoms with van der Waals surface area (Å²) in [5.74, 6) is 6.54. The first kappa shape index (κ1) is 25.6. The Morgan fingerprint density at radius 2 is 2.00 bits per heavy atom. The van der Waals surface area contributed by atoms with Gasteiger partial charge in [0.15, 0.2) is 0 Å². The Bertz CT molecular complexity index is 1110. The zero-order valence-corrected chi connectivity index (χ0v) is 20.8. The zero-order valence-electron chi connectivity index (χ0n) is 20.0. The van der Waals surface area contributed by atoms with Crippen LogP contribution in [0, 0.1) is 0 Å². The van der Waals surface area contributed by atoms with E-state index in [0.29, 0.717) is 36.3 Å². The van der Waals surface area contributed by atoms with Crippen LogP contribution >= 0.6 is 0 Å². The first-order valence-corrected chi connectivity index (χ1v) is 13.0. The molecule has 3 N–H and O–H groups in total.